The minimum Gasteiger partial charge on any atom is -0.495 e. The van der Waals surface area contributed by atoms with Gasteiger partial charge in [0.1, 0.15) is 17.2 Å². The van der Waals surface area contributed by atoms with E-state index in [1.807, 2.05) is 6.07 Å². The third-order valence-corrected chi connectivity index (χ3v) is 2.74. The Kier molecular flexibility index (Phi) is 4.25. The first-order valence-corrected chi connectivity index (χ1v) is 6.78. The van der Waals surface area contributed by atoms with Crippen molar-refractivity contribution in [2.45, 2.75) is 26.4 Å². The Morgan fingerprint density at radius 1 is 1.32 bits per heavy atom. The van der Waals surface area contributed by atoms with Crippen molar-refractivity contribution in [2.24, 2.45) is 0 Å². The lowest BCUT2D eigenvalue weighted by atomic mass is 10.1. The van der Waals surface area contributed by atoms with E-state index >= 15 is 0 Å². The van der Waals surface area contributed by atoms with Crippen LogP contribution in [0.25, 0.3) is 11.3 Å². The lowest BCUT2D eigenvalue weighted by Crippen LogP contribution is -2.27. The number of nitrogens with two attached hydrogens (primary N) is 1. The third kappa shape index (κ3) is 3.91. The SMILES string of the molecule is COc1ccc(-c2cc(N)n[nH]2)cc1NC(=O)OC(C)(C)C. The van der Waals surface area contributed by atoms with Crippen LogP contribution in [0.1, 0.15) is 20.8 Å². The molecule has 1 aromatic carbocycles. The molecular weight excluding hydrogens is 284 g/mol. The van der Waals surface area contributed by atoms with E-state index in [9.17, 15) is 4.79 Å². The fourth-order valence-corrected chi connectivity index (χ4v) is 1.87. The molecule has 1 amide bonds. The van der Waals surface area contributed by atoms with Gasteiger partial charge in [-0.1, -0.05) is 0 Å². The van der Waals surface area contributed by atoms with Crippen LogP contribution < -0.4 is 15.8 Å². The number of rotatable bonds is 3. The molecule has 7 nitrogen and oxygen atoms in total. The number of methoxy groups -OCH3 is 1. The monoisotopic (exact) mass is 304 g/mol. The molecule has 0 saturated heterocycles. The molecule has 22 heavy (non-hydrogen) atoms. The summed E-state index contributed by atoms with van der Waals surface area (Å²) in [7, 11) is 1.53. The number of benzene rings is 1. The number of nitrogen functional groups attached to an aromatic ring is 1. The van der Waals surface area contributed by atoms with E-state index in [0.29, 0.717) is 17.3 Å². The number of carbonyl (C=O) groups excluding carboxylic acids is 1. The Morgan fingerprint density at radius 2 is 2.05 bits per heavy atom. The Balaban J connectivity index is 2.27. The molecule has 0 radical (unpaired) electrons. The van der Waals surface area contributed by atoms with Crippen LogP contribution in [0, 0.1) is 0 Å². The summed E-state index contributed by atoms with van der Waals surface area (Å²) in [5.74, 6) is 0.926. The Hall–Kier alpha value is -2.70. The zero-order valence-electron chi connectivity index (χ0n) is 13.1. The summed E-state index contributed by atoms with van der Waals surface area (Å²) >= 11 is 0. The molecule has 0 fully saturated rings. The molecule has 0 aliphatic rings. The van der Waals surface area contributed by atoms with Gasteiger partial charge >= 0.3 is 6.09 Å². The number of aromatic amines is 1. The third-order valence-electron chi connectivity index (χ3n) is 2.74. The molecule has 7 heteroatoms. The molecule has 0 aliphatic heterocycles. The van der Waals surface area contributed by atoms with Crippen LogP contribution in [0.2, 0.25) is 0 Å². The molecule has 1 heterocycles. The minimum absolute atomic E-state index is 0.396. The van der Waals surface area contributed by atoms with Crippen LogP contribution >= 0.6 is 0 Å². The van der Waals surface area contributed by atoms with Crippen LogP contribution in [0.5, 0.6) is 5.75 Å². The van der Waals surface area contributed by atoms with Crippen molar-refractivity contribution < 1.29 is 14.3 Å². The first kappa shape index (κ1) is 15.7. The normalized spacial score (nSPS) is 11.1. The van der Waals surface area contributed by atoms with E-state index in [2.05, 4.69) is 15.5 Å². The van der Waals surface area contributed by atoms with Crippen LogP contribution in [0.3, 0.4) is 0 Å². The van der Waals surface area contributed by atoms with E-state index in [4.69, 9.17) is 15.2 Å². The maximum absolute atomic E-state index is 11.9. The molecule has 0 atom stereocenters. The largest absolute Gasteiger partial charge is 0.495 e. The highest BCUT2D eigenvalue weighted by Gasteiger charge is 2.18. The standard InChI is InChI=1S/C15H20N4O3/c1-15(2,3)22-14(20)17-11-7-9(5-6-12(11)21-4)10-8-13(16)19-18-10/h5-8H,1-4H3,(H,17,20)(H3,16,18,19). The second kappa shape index (κ2) is 5.97. The number of nitrogens with zero attached hydrogens (tertiary/aromatic N) is 1. The quantitative estimate of drug-likeness (QED) is 0.809. The number of amides is 1. The van der Waals surface area contributed by atoms with Crippen molar-refractivity contribution in [3.8, 4) is 17.0 Å². The van der Waals surface area contributed by atoms with E-state index in [-0.39, 0.29) is 0 Å². The number of nitrogens with one attached hydrogen (secondary N) is 2. The highest BCUT2D eigenvalue weighted by atomic mass is 16.6. The number of aromatic nitrogens is 2. The van der Waals surface area contributed by atoms with Crippen molar-refractivity contribution in [1.29, 1.82) is 0 Å². The van der Waals surface area contributed by atoms with Gasteiger partial charge in [0.05, 0.1) is 18.5 Å². The molecule has 118 valence electrons. The molecule has 0 spiro atoms. The lowest BCUT2D eigenvalue weighted by Gasteiger charge is -2.20. The average Bonchev–Trinajstić information content (AvgIpc) is 2.83. The fraction of sp³-hybridized carbons (Fsp3) is 0.333. The predicted octanol–water partition coefficient (Wildman–Crippen LogP) is 3.01. The van der Waals surface area contributed by atoms with Crippen LogP contribution in [0.4, 0.5) is 16.3 Å². The van der Waals surface area contributed by atoms with Gasteiger partial charge in [0.15, 0.2) is 0 Å². The van der Waals surface area contributed by atoms with Gasteiger partial charge in [-0.15, -0.1) is 0 Å². The summed E-state index contributed by atoms with van der Waals surface area (Å²) < 4.78 is 10.5. The molecule has 2 rings (SSSR count). The van der Waals surface area contributed by atoms with Gasteiger partial charge in [-0.3, -0.25) is 10.4 Å². The van der Waals surface area contributed by atoms with Crippen LogP contribution in [-0.4, -0.2) is 29.0 Å². The smallest absolute Gasteiger partial charge is 0.412 e. The number of H-pyrrole nitrogens is 1. The number of hydrogen-bond acceptors (Lipinski definition) is 5. The van der Waals surface area contributed by atoms with E-state index in [0.717, 1.165) is 11.3 Å². The van der Waals surface area contributed by atoms with Gasteiger partial charge in [-0.05, 0) is 39.0 Å². The van der Waals surface area contributed by atoms with Crippen molar-refractivity contribution in [3.05, 3.63) is 24.3 Å². The molecule has 4 N–H and O–H groups in total. The fourth-order valence-electron chi connectivity index (χ4n) is 1.87. The molecule has 2 aromatic rings. The molecule has 1 aromatic heterocycles. The molecular formula is C15H20N4O3. The van der Waals surface area contributed by atoms with Gasteiger partial charge in [0.25, 0.3) is 0 Å². The zero-order chi connectivity index (χ0) is 16.3. The van der Waals surface area contributed by atoms with Gasteiger partial charge in [0.2, 0.25) is 0 Å². The number of ether oxygens (including phenoxy) is 2. The first-order valence-electron chi connectivity index (χ1n) is 6.78. The summed E-state index contributed by atoms with van der Waals surface area (Å²) in [5, 5.41) is 9.39. The molecule has 0 saturated carbocycles. The molecule has 0 aliphatic carbocycles. The Morgan fingerprint density at radius 3 is 2.59 bits per heavy atom. The van der Waals surface area contributed by atoms with Crippen LogP contribution in [0.15, 0.2) is 24.3 Å². The van der Waals surface area contributed by atoms with Gasteiger partial charge in [-0.25, -0.2) is 4.79 Å². The van der Waals surface area contributed by atoms with E-state index in [1.165, 1.54) is 7.11 Å². The molecule has 0 unspecified atom stereocenters. The van der Waals surface area contributed by atoms with E-state index in [1.54, 1.807) is 39.0 Å². The highest BCUT2D eigenvalue weighted by molar-refractivity contribution is 5.88. The summed E-state index contributed by atoms with van der Waals surface area (Å²) in [4.78, 5) is 11.9. The second-order valence-corrected chi connectivity index (χ2v) is 5.75. The summed E-state index contributed by atoms with van der Waals surface area (Å²) in [6.45, 7) is 5.40. The van der Waals surface area contributed by atoms with Crippen molar-refractivity contribution in [1.82, 2.24) is 10.2 Å². The summed E-state index contributed by atoms with van der Waals surface area (Å²) in [5.41, 5.74) is 7.09. The van der Waals surface area contributed by atoms with Crippen LogP contribution in [-0.2, 0) is 4.74 Å². The van der Waals surface area contributed by atoms with E-state index < -0.39 is 11.7 Å². The minimum atomic E-state index is -0.577. The highest BCUT2D eigenvalue weighted by Crippen LogP contribution is 2.30. The zero-order valence-corrected chi connectivity index (χ0v) is 13.1. The van der Waals surface area contributed by atoms with Crippen molar-refractivity contribution in [3.63, 3.8) is 0 Å². The second-order valence-electron chi connectivity index (χ2n) is 5.75. The predicted molar refractivity (Wildman–Crippen MR) is 84.8 cm³/mol. The maximum atomic E-state index is 11.9. The topological polar surface area (TPSA) is 102 Å². The maximum Gasteiger partial charge on any atom is 0.412 e. The summed E-state index contributed by atoms with van der Waals surface area (Å²) in [6, 6.07) is 7.06. The number of anilines is 2. The van der Waals surface area contributed by atoms with Crippen molar-refractivity contribution >= 4 is 17.6 Å². The van der Waals surface area contributed by atoms with Gasteiger partial charge in [-0.2, -0.15) is 5.10 Å². The Labute approximate surface area is 128 Å². The summed E-state index contributed by atoms with van der Waals surface area (Å²) in [6.07, 6.45) is -0.549. The van der Waals surface area contributed by atoms with Crippen molar-refractivity contribution in [2.75, 3.05) is 18.2 Å². The lowest BCUT2D eigenvalue weighted by molar-refractivity contribution is 0.0635. The average molecular weight is 304 g/mol. The number of carbonyl (C=O) groups is 1. The van der Waals surface area contributed by atoms with Gasteiger partial charge < -0.3 is 15.2 Å². The first-order chi connectivity index (χ1) is 10.3. The Bertz CT molecular complexity index is 674. The molecule has 0 bridgehead atoms. The van der Waals surface area contributed by atoms with Gasteiger partial charge in [0, 0.05) is 11.6 Å². The number of hydrogen-bond donors (Lipinski definition) is 3.